The van der Waals surface area contributed by atoms with Crippen LogP contribution in [0.3, 0.4) is 0 Å². The quantitative estimate of drug-likeness (QED) is 0.491. The fraction of sp³-hybridized carbons (Fsp3) is 0.520. The van der Waals surface area contributed by atoms with Crippen LogP contribution in [0.1, 0.15) is 61.0 Å². The van der Waals surface area contributed by atoms with Crippen LogP contribution in [0.5, 0.6) is 5.75 Å². The highest BCUT2D eigenvalue weighted by atomic mass is 16.5. The molecule has 3 N–H and O–H groups in total. The number of anilines is 2. The van der Waals surface area contributed by atoms with Crippen molar-refractivity contribution >= 4 is 23.2 Å². The van der Waals surface area contributed by atoms with E-state index in [2.05, 4.69) is 4.98 Å². The highest BCUT2D eigenvalue weighted by Gasteiger charge is 2.32. The topological polar surface area (TPSA) is 137 Å². The molecule has 0 saturated carbocycles. The molecule has 1 aromatic heterocycles. The van der Waals surface area contributed by atoms with E-state index >= 15 is 0 Å². The molecule has 10 nitrogen and oxygen atoms in total. The van der Waals surface area contributed by atoms with Crippen LogP contribution in [0.25, 0.3) is 0 Å². The highest BCUT2D eigenvalue weighted by molar-refractivity contribution is 6.04. The van der Waals surface area contributed by atoms with Gasteiger partial charge in [0.15, 0.2) is 18.1 Å². The monoisotopic (exact) mass is 486 g/mol. The Hall–Kier alpha value is -3.40. The average Bonchev–Trinajstić information content (AvgIpc) is 3.09. The van der Waals surface area contributed by atoms with Crippen molar-refractivity contribution in [3.05, 3.63) is 49.7 Å². The van der Waals surface area contributed by atoms with E-state index in [1.807, 2.05) is 33.8 Å². The van der Waals surface area contributed by atoms with Gasteiger partial charge in [-0.25, -0.2) is 4.79 Å². The lowest BCUT2D eigenvalue weighted by Gasteiger charge is -2.25. The Labute approximate surface area is 204 Å². The molecule has 35 heavy (non-hydrogen) atoms. The molecule has 0 fully saturated rings. The molecule has 190 valence electrons. The number of carbonyl (C=O) groups is 2. The number of aromatic amines is 1. The Morgan fingerprint density at radius 3 is 2.66 bits per heavy atom. The number of aryl methyl sites for hydroxylation is 1. The summed E-state index contributed by atoms with van der Waals surface area (Å²) in [5.41, 5.74) is 7.21. The third-order valence-electron chi connectivity index (χ3n) is 6.10. The molecular weight excluding hydrogens is 452 g/mol. The predicted octanol–water partition coefficient (Wildman–Crippen LogP) is 2.22. The van der Waals surface area contributed by atoms with Gasteiger partial charge in [0, 0.05) is 33.2 Å². The van der Waals surface area contributed by atoms with E-state index in [-0.39, 0.29) is 42.2 Å². The first-order valence-corrected chi connectivity index (χ1v) is 11.8. The van der Waals surface area contributed by atoms with E-state index in [1.54, 1.807) is 6.07 Å². The zero-order chi connectivity index (χ0) is 25.9. The summed E-state index contributed by atoms with van der Waals surface area (Å²) < 4.78 is 12.2. The third kappa shape index (κ3) is 5.48. The van der Waals surface area contributed by atoms with Gasteiger partial charge in [-0.05, 0) is 42.4 Å². The van der Waals surface area contributed by atoms with Gasteiger partial charge in [0.1, 0.15) is 11.6 Å². The Balaban J connectivity index is 1.94. The molecule has 1 aromatic carbocycles. The number of carbonyl (C=O) groups excluding carboxylic acids is 2. The fourth-order valence-electron chi connectivity index (χ4n) is 4.56. The first kappa shape index (κ1) is 26.2. The number of hydrogen-bond donors (Lipinski definition) is 2. The molecule has 0 radical (unpaired) electrons. The number of aromatic nitrogens is 2. The molecular formula is C25H34N4O6. The minimum absolute atomic E-state index is 0.0166. The number of nitrogens with one attached hydrogen (secondary N) is 1. The van der Waals surface area contributed by atoms with Crippen molar-refractivity contribution in [1.29, 1.82) is 0 Å². The molecule has 2 aromatic rings. The first-order chi connectivity index (χ1) is 16.6. The summed E-state index contributed by atoms with van der Waals surface area (Å²) >= 11 is 0. The van der Waals surface area contributed by atoms with E-state index in [1.165, 1.54) is 16.6 Å². The van der Waals surface area contributed by atoms with Gasteiger partial charge in [0.25, 0.3) is 11.5 Å². The van der Waals surface area contributed by atoms with Gasteiger partial charge in [0.05, 0.1) is 5.56 Å². The van der Waals surface area contributed by atoms with Crippen molar-refractivity contribution in [2.75, 3.05) is 37.5 Å². The second-order valence-corrected chi connectivity index (χ2v) is 9.38. The van der Waals surface area contributed by atoms with Gasteiger partial charge in [-0.1, -0.05) is 26.8 Å². The summed E-state index contributed by atoms with van der Waals surface area (Å²) in [6, 6.07) is 3.56. The molecule has 10 heteroatoms. The largest absolute Gasteiger partial charge is 0.483 e. The maximum atomic E-state index is 13.3. The molecule has 0 bridgehead atoms. The molecule has 1 heterocycles. The summed E-state index contributed by atoms with van der Waals surface area (Å²) in [5, 5.41) is 0. The molecule has 1 aliphatic rings. The lowest BCUT2D eigenvalue weighted by Crippen LogP contribution is -2.43. The van der Waals surface area contributed by atoms with Gasteiger partial charge < -0.3 is 20.1 Å². The van der Waals surface area contributed by atoms with Gasteiger partial charge in [-0.15, -0.1) is 0 Å². The van der Waals surface area contributed by atoms with E-state index in [0.29, 0.717) is 30.8 Å². The Kier molecular flexibility index (Phi) is 8.16. The number of nitrogens with zero attached hydrogens (tertiary/aromatic N) is 2. The molecule has 1 atom stereocenters. The number of Topliss-reactive ketones (excluding diaryl/α,β-unsaturated/α-hetero) is 1. The van der Waals surface area contributed by atoms with Crippen molar-refractivity contribution < 1.29 is 19.1 Å². The zero-order valence-corrected chi connectivity index (χ0v) is 21.0. The molecule has 3 rings (SSSR count). The van der Waals surface area contributed by atoms with E-state index in [9.17, 15) is 19.2 Å². The van der Waals surface area contributed by atoms with Crippen LogP contribution in [-0.4, -0.2) is 48.1 Å². The van der Waals surface area contributed by atoms with Crippen molar-refractivity contribution in [3.63, 3.8) is 0 Å². The van der Waals surface area contributed by atoms with Crippen LogP contribution in [0, 0.1) is 12.8 Å². The average molecular weight is 487 g/mol. The first-order valence-electron chi connectivity index (χ1n) is 11.8. The summed E-state index contributed by atoms with van der Waals surface area (Å²) in [6.07, 6.45) is 0.831. The van der Waals surface area contributed by atoms with Crippen LogP contribution >= 0.6 is 0 Å². The predicted molar refractivity (Wildman–Crippen MR) is 133 cm³/mol. The van der Waals surface area contributed by atoms with E-state index in [4.69, 9.17) is 15.2 Å². The Bertz CT molecular complexity index is 1230. The van der Waals surface area contributed by atoms with Crippen LogP contribution in [0.4, 0.5) is 11.5 Å². The molecule has 1 aliphatic carbocycles. The Morgan fingerprint density at radius 2 is 2.00 bits per heavy atom. The molecule has 0 saturated heterocycles. The maximum absolute atomic E-state index is 13.3. The van der Waals surface area contributed by atoms with Crippen LogP contribution in [0.2, 0.25) is 0 Å². The number of rotatable bonds is 10. The van der Waals surface area contributed by atoms with Gasteiger partial charge in [0.2, 0.25) is 0 Å². The Morgan fingerprint density at radius 1 is 1.29 bits per heavy atom. The minimum Gasteiger partial charge on any atom is -0.483 e. The fourth-order valence-corrected chi connectivity index (χ4v) is 4.56. The van der Waals surface area contributed by atoms with Crippen molar-refractivity contribution in [1.82, 2.24) is 9.55 Å². The second kappa shape index (κ2) is 10.9. The van der Waals surface area contributed by atoms with Crippen molar-refractivity contribution in [2.24, 2.45) is 5.92 Å². The standard InChI is InChI=1S/C25H34N4O6/c1-14(2)12-29-23(26)22(24(32)27-25(29)33)28(9-6-10-34-5)19(31)13-35-18-8-7-15(3)20-16(4)11-17(30)21(18)20/h7-8,14,16H,6,9-13,26H2,1-5H3,(H,27,32,33)/t16-/m0/s1. The maximum Gasteiger partial charge on any atom is 0.330 e. The number of fused-ring (bicyclic) bond motifs is 1. The normalized spacial score (nSPS) is 14.9. The molecule has 0 spiro atoms. The number of nitrogens with two attached hydrogens (primary N) is 1. The number of H-pyrrole nitrogens is 1. The van der Waals surface area contributed by atoms with Gasteiger partial charge in [-0.2, -0.15) is 0 Å². The second-order valence-electron chi connectivity index (χ2n) is 9.38. The van der Waals surface area contributed by atoms with E-state index in [0.717, 1.165) is 11.1 Å². The van der Waals surface area contributed by atoms with Gasteiger partial charge in [-0.3, -0.25) is 23.9 Å². The summed E-state index contributed by atoms with van der Waals surface area (Å²) in [7, 11) is 1.54. The number of nitrogen functional groups attached to an aromatic ring is 1. The SMILES string of the molecule is COCCCN(C(=O)COc1ccc(C)c2c1C(=O)C[C@@H]2C)c1c(N)n(CC(C)C)c(=O)[nH]c1=O. The van der Waals surface area contributed by atoms with Crippen molar-refractivity contribution in [3.8, 4) is 5.75 Å². The third-order valence-corrected chi connectivity index (χ3v) is 6.10. The number of amides is 1. The van der Waals surface area contributed by atoms with Crippen LogP contribution in [-0.2, 0) is 16.1 Å². The molecule has 0 aliphatic heterocycles. The summed E-state index contributed by atoms with van der Waals surface area (Å²) in [4.78, 5) is 54.5. The van der Waals surface area contributed by atoms with Crippen molar-refractivity contribution in [2.45, 2.75) is 53.0 Å². The molecule has 1 amide bonds. The lowest BCUT2D eigenvalue weighted by molar-refractivity contribution is -0.120. The summed E-state index contributed by atoms with van der Waals surface area (Å²) in [6.45, 7) is 8.11. The summed E-state index contributed by atoms with van der Waals surface area (Å²) in [5.74, 6) is -0.117. The minimum atomic E-state index is -0.751. The van der Waals surface area contributed by atoms with E-state index < -0.39 is 23.8 Å². The highest BCUT2D eigenvalue weighted by Crippen LogP contribution is 2.40. The number of hydrogen-bond acceptors (Lipinski definition) is 7. The number of methoxy groups -OCH3 is 1. The number of ketones is 1. The zero-order valence-electron chi connectivity index (χ0n) is 21.0. The van der Waals surface area contributed by atoms with Crippen LogP contribution in [0.15, 0.2) is 21.7 Å². The number of benzene rings is 1. The lowest BCUT2D eigenvalue weighted by atomic mass is 9.97. The van der Waals surface area contributed by atoms with Crippen LogP contribution < -0.4 is 26.6 Å². The molecule has 0 unspecified atom stereocenters. The number of ether oxygens (including phenoxy) is 2. The smallest absolute Gasteiger partial charge is 0.330 e. The van der Waals surface area contributed by atoms with Gasteiger partial charge >= 0.3 is 5.69 Å².